The van der Waals surface area contributed by atoms with E-state index in [4.69, 9.17) is 9.97 Å². The van der Waals surface area contributed by atoms with Gasteiger partial charge in [-0.25, -0.2) is 9.97 Å². The summed E-state index contributed by atoms with van der Waals surface area (Å²) in [5, 5.41) is 5.01. The van der Waals surface area contributed by atoms with Gasteiger partial charge in [-0.3, -0.25) is 0 Å². The molecule has 308 valence electrons. The van der Waals surface area contributed by atoms with Crippen LogP contribution in [0.4, 0.5) is 0 Å². The monoisotopic (exact) mass is 856 g/mol. The molecule has 0 unspecified atom stereocenters. The number of thiophene rings is 1. The zero-order chi connectivity index (χ0) is 43.6. The minimum atomic E-state index is -0.475. The SMILES string of the molecule is c1ccc(-c2nc(-c3cc(-c4ccc5ccccc5c4)cc(-c4ccc5sc6ccccc6c5c4)c3)cc(-c3ccc4c(c3)-c3ccccc3C4(c3ccccc3)c3ccccc3)n2)cc1. The molecule has 0 N–H and O–H groups in total. The first-order chi connectivity index (χ1) is 32.7. The first kappa shape index (κ1) is 38.2. The molecule has 0 aliphatic heterocycles. The molecule has 2 heterocycles. The van der Waals surface area contributed by atoms with Crippen LogP contribution < -0.4 is 0 Å². The van der Waals surface area contributed by atoms with E-state index in [1.165, 1.54) is 69.9 Å². The van der Waals surface area contributed by atoms with Crippen molar-refractivity contribution in [3.63, 3.8) is 0 Å². The summed E-state index contributed by atoms with van der Waals surface area (Å²) in [6.45, 7) is 0. The Kier molecular flexibility index (Phi) is 8.97. The zero-order valence-corrected chi connectivity index (χ0v) is 36.7. The number of hydrogen-bond donors (Lipinski definition) is 0. The average molecular weight is 857 g/mol. The molecule has 0 saturated carbocycles. The molecule has 2 aromatic heterocycles. The van der Waals surface area contributed by atoms with Crippen LogP contribution >= 0.6 is 11.3 Å². The van der Waals surface area contributed by atoms with Crippen LogP contribution in [0, 0.1) is 0 Å². The Labute approximate surface area is 387 Å². The highest BCUT2D eigenvalue weighted by Gasteiger charge is 2.46. The van der Waals surface area contributed by atoms with Crippen LogP contribution in [0.5, 0.6) is 0 Å². The van der Waals surface area contributed by atoms with Crippen LogP contribution in [0.15, 0.2) is 243 Å². The van der Waals surface area contributed by atoms with Gasteiger partial charge in [0.05, 0.1) is 16.8 Å². The maximum Gasteiger partial charge on any atom is 0.160 e. The molecule has 2 nitrogen and oxygen atoms in total. The average Bonchev–Trinajstić information content (AvgIpc) is 3.92. The van der Waals surface area contributed by atoms with Gasteiger partial charge in [0.15, 0.2) is 5.82 Å². The Bertz CT molecular complexity index is 3780. The van der Waals surface area contributed by atoms with E-state index in [0.29, 0.717) is 5.82 Å². The number of rotatable bonds is 7. The maximum absolute atomic E-state index is 5.40. The first-order valence-electron chi connectivity index (χ1n) is 22.5. The Morgan fingerprint density at radius 1 is 0.303 bits per heavy atom. The van der Waals surface area contributed by atoms with Gasteiger partial charge in [-0.05, 0) is 121 Å². The molecular weight excluding hydrogens is 817 g/mol. The minimum Gasteiger partial charge on any atom is -0.228 e. The van der Waals surface area contributed by atoms with E-state index in [1.54, 1.807) is 0 Å². The summed E-state index contributed by atoms with van der Waals surface area (Å²) in [6, 6.07) is 88.4. The van der Waals surface area contributed by atoms with Crippen molar-refractivity contribution in [1.82, 2.24) is 9.97 Å². The fraction of sp³-hybridized carbons (Fsp3) is 0.0159. The van der Waals surface area contributed by atoms with E-state index >= 15 is 0 Å². The van der Waals surface area contributed by atoms with Crippen molar-refractivity contribution in [2.75, 3.05) is 0 Å². The van der Waals surface area contributed by atoms with Crippen molar-refractivity contribution < 1.29 is 0 Å². The van der Waals surface area contributed by atoms with Crippen molar-refractivity contribution >= 4 is 42.3 Å². The molecule has 0 atom stereocenters. The molecule has 13 rings (SSSR count). The van der Waals surface area contributed by atoms with Gasteiger partial charge in [-0.15, -0.1) is 11.3 Å². The lowest BCUT2D eigenvalue weighted by atomic mass is 9.67. The Morgan fingerprint density at radius 2 is 0.864 bits per heavy atom. The second-order valence-corrected chi connectivity index (χ2v) is 18.4. The highest BCUT2D eigenvalue weighted by Crippen LogP contribution is 2.56. The number of aromatic nitrogens is 2. The third-order valence-electron chi connectivity index (χ3n) is 13.5. The fourth-order valence-corrected chi connectivity index (χ4v) is 11.5. The van der Waals surface area contributed by atoms with Crippen molar-refractivity contribution in [3.8, 4) is 67.3 Å². The lowest BCUT2D eigenvalue weighted by Gasteiger charge is -2.33. The molecule has 0 spiro atoms. The fourth-order valence-electron chi connectivity index (χ4n) is 10.5. The van der Waals surface area contributed by atoms with Gasteiger partial charge in [-0.2, -0.15) is 0 Å². The molecule has 0 saturated heterocycles. The van der Waals surface area contributed by atoms with E-state index < -0.39 is 5.41 Å². The summed E-state index contributed by atoms with van der Waals surface area (Å²) in [7, 11) is 0. The summed E-state index contributed by atoms with van der Waals surface area (Å²) in [5.41, 5.74) is 16.4. The number of benzene rings is 10. The van der Waals surface area contributed by atoms with Crippen LogP contribution in [-0.4, -0.2) is 9.97 Å². The van der Waals surface area contributed by atoms with Gasteiger partial charge in [-0.1, -0.05) is 188 Å². The van der Waals surface area contributed by atoms with Crippen LogP contribution in [0.2, 0.25) is 0 Å². The predicted octanol–water partition coefficient (Wildman–Crippen LogP) is 16.7. The standard InChI is InChI=1S/C63H40N2S/c1-4-17-42(18-5-1)62-64-58(46-30-32-57-54(39-46)52-24-12-14-26-56(52)63(57,50-20-6-2-7-21-50)51-22-8-3-9-23-51)40-59(65-62)49-36-47(44-29-28-41-16-10-11-19-43(41)34-44)35-48(37-49)45-31-33-61-55(38-45)53-25-13-15-27-60(53)66-61/h1-40H. The van der Waals surface area contributed by atoms with E-state index in [9.17, 15) is 0 Å². The topological polar surface area (TPSA) is 25.8 Å². The Balaban J connectivity index is 1.02. The molecule has 0 amide bonds. The van der Waals surface area contributed by atoms with E-state index in [0.717, 1.165) is 44.8 Å². The van der Waals surface area contributed by atoms with Gasteiger partial charge in [0, 0.05) is 36.9 Å². The Morgan fingerprint density at radius 3 is 1.64 bits per heavy atom. The summed E-state index contributed by atoms with van der Waals surface area (Å²) in [5.74, 6) is 0.690. The molecule has 10 aromatic carbocycles. The van der Waals surface area contributed by atoms with E-state index in [1.807, 2.05) is 17.4 Å². The number of hydrogen-bond acceptors (Lipinski definition) is 3. The van der Waals surface area contributed by atoms with E-state index in [2.05, 4.69) is 237 Å². The van der Waals surface area contributed by atoms with Crippen molar-refractivity contribution in [2.24, 2.45) is 0 Å². The molecule has 12 aromatic rings. The van der Waals surface area contributed by atoms with Crippen molar-refractivity contribution in [1.29, 1.82) is 0 Å². The van der Waals surface area contributed by atoms with Crippen molar-refractivity contribution in [2.45, 2.75) is 5.41 Å². The van der Waals surface area contributed by atoms with E-state index in [-0.39, 0.29) is 0 Å². The molecular formula is C63H40N2S. The molecule has 66 heavy (non-hydrogen) atoms. The summed E-state index contributed by atoms with van der Waals surface area (Å²) >= 11 is 1.85. The largest absolute Gasteiger partial charge is 0.228 e. The molecule has 1 aliphatic rings. The molecule has 0 radical (unpaired) electrons. The zero-order valence-electron chi connectivity index (χ0n) is 35.9. The van der Waals surface area contributed by atoms with Gasteiger partial charge >= 0.3 is 0 Å². The van der Waals surface area contributed by atoms with Gasteiger partial charge in [0.2, 0.25) is 0 Å². The first-order valence-corrected chi connectivity index (χ1v) is 23.4. The van der Waals surface area contributed by atoms with Crippen LogP contribution in [0.3, 0.4) is 0 Å². The third-order valence-corrected chi connectivity index (χ3v) is 14.7. The summed E-state index contributed by atoms with van der Waals surface area (Å²) in [4.78, 5) is 10.8. The summed E-state index contributed by atoms with van der Waals surface area (Å²) < 4.78 is 2.60. The third kappa shape index (κ3) is 6.23. The minimum absolute atomic E-state index is 0.475. The quantitative estimate of drug-likeness (QED) is 0.160. The second kappa shape index (κ2) is 15.5. The van der Waals surface area contributed by atoms with Gasteiger partial charge < -0.3 is 0 Å². The lowest BCUT2D eigenvalue weighted by Crippen LogP contribution is -2.28. The van der Waals surface area contributed by atoms with Crippen LogP contribution in [-0.2, 0) is 5.41 Å². The highest BCUT2D eigenvalue weighted by molar-refractivity contribution is 7.25. The molecule has 0 bridgehead atoms. The predicted molar refractivity (Wildman–Crippen MR) is 277 cm³/mol. The molecule has 0 fully saturated rings. The second-order valence-electron chi connectivity index (χ2n) is 17.3. The van der Waals surface area contributed by atoms with Gasteiger partial charge in [0.25, 0.3) is 0 Å². The van der Waals surface area contributed by atoms with Crippen LogP contribution in [0.25, 0.3) is 98.2 Å². The number of fused-ring (bicyclic) bond motifs is 7. The van der Waals surface area contributed by atoms with Gasteiger partial charge in [0.1, 0.15) is 0 Å². The smallest absolute Gasteiger partial charge is 0.160 e. The highest BCUT2D eigenvalue weighted by atomic mass is 32.1. The number of nitrogens with zero attached hydrogens (tertiary/aromatic N) is 2. The Hall–Kier alpha value is -8.24. The maximum atomic E-state index is 5.40. The molecule has 1 aliphatic carbocycles. The lowest BCUT2D eigenvalue weighted by molar-refractivity contribution is 0.768. The normalized spacial score (nSPS) is 12.7. The van der Waals surface area contributed by atoms with Crippen LogP contribution in [0.1, 0.15) is 22.3 Å². The molecule has 3 heteroatoms. The summed E-state index contributed by atoms with van der Waals surface area (Å²) in [6.07, 6.45) is 0. The van der Waals surface area contributed by atoms with Crippen molar-refractivity contribution in [3.05, 3.63) is 265 Å².